The van der Waals surface area contributed by atoms with E-state index in [2.05, 4.69) is 241 Å². The molecular weight excluding hydrogens is 687 g/mol. The molecule has 0 aromatic heterocycles. The van der Waals surface area contributed by atoms with Crippen molar-refractivity contribution >= 4 is 38.6 Å². The Morgan fingerprint density at radius 2 is 0.667 bits per heavy atom. The summed E-state index contributed by atoms with van der Waals surface area (Å²) >= 11 is 0. The van der Waals surface area contributed by atoms with E-state index in [9.17, 15) is 0 Å². The number of fused-ring (bicyclic) bond motifs is 3. The lowest BCUT2D eigenvalue weighted by Gasteiger charge is -2.32. The summed E-state index contributed by atoms with van der Waals surface area (Å²) in [5.74, 6) is 0. The van der Waals surface area contributed by atoms with Crippen LogP contribution in [0.15, 0.2) is 237 Å². The molecule has 0 bridgehead atoms. The van der Waals surface area contributed by atoms with Crippen molar-refractivity contribution in [1.29, 1.82) is 0 Å². The predicted molar refractivity (Wildman–Crippen MR) is 243 cm³/mol. The molecule has 0 atom stereocenters. The molecule has 0 heterocycles. The molecule has 0 amide bonds. The van der Waals surface area contributed by atoms with Gasteiger partial charge < -0.3 is 4.90 Å². The Morgan fingerprint density at radius 1 is 0.228 bits per heavy atom. The molecule has 0 unspecified atom stereocenters. The third-order valence-electron chi connectivity index (χ3n) is 11.1. The molecule has 0 saturated carbocycles. The van der Waals surface area contributed by atoms with Gasteiger partial charge in [0.05, 0.1) is 17.1 Å². The Morgan fingerprint density at radius 3 is 1.37 bits per heavy atom. The lowest BCUT2D eigenvalue weighted by Crippen LogP contribution is -2.14. The van der Waals surface area contributed by atoms with Crippen LogP contribution in [0.2, 0.25) is 0 Å². The van der Waals surface area contributed by atoms with Crippen molar-refractivity contribution in [3.05, 3.63) is 237 Å². The molecule has 0 aliphatic carbocycles. The highest BCUT2D eigenvalue weighted by Gasteiger charge is 2.26. The number of anilines is 3. The monoisotopic (exact) mass is 725 g/mol. The summed E-state index contributed by atoms with van der Waals surface area (Å²) in [7, 11) is 0. The van der Waals surface area contributed by atoms with Gasteiger partial charge in [-0.3, -0.25) is 0 Å². The quantitative estimate of drug-likeness (QED) is 0.141. The minimum atomic E-state index is 1.11. The van der Waals surface area contributed by atoms with Crippen LogP contribution < -0.4 is 4.90 Å². The van der Waals surface area contributed by atoms with E-state index < -0.39 is 0 Å². The van der Waals surface area contributed by atoms with Gasteiger partial charge in [0, 0.05) is 16.5 Å². The van der Waals surface area contributed by atoms with Crippen LogP contribution >= 0.6 is 0 Å². The molecule has 1 nitrogen and oxygen atoms in total. The average Bonchev–Trinajstić information content (AvgIpc) is 3.30. The van der Waals surface area contributed by atoms with Crippen molar-refractivity contribution in [3.63, 3.8) is 0 Å². The number of rotatable bonds is 8. The van der Waals surface area contributed by atoms with E-state index in [0.717, 1.165) is 28.2 Å². The normalized spacial score (nSPS) is 11.2. The number of hydrogen-bond donors (Lipinski definition) is 0. The first-order chi connectivity index (χ1) is 28.3. The van der Waals surface area contributed by atoms with E-state index >= 15 is 0 Å². The molecular formula is C56H39N. The van der Waals surface area contributed by atoms with Gasteiger partial charge in [0.1, 0.15) is 0 Å². The van der Waals surface area contributed by atoms with Crippen LogP contribution in [0, 0.1) is 0 Å². The molecule has 0 aliphatic rings. The molecule has 1 heteroatoms. The molecule has 0 N–H and O–H groups in total. The number of hydrogen-bond acceptors (Lipinski definition) is 1. The zero-order valence-electron chi connectivity index (χ0n) is 31.5. The lowest BCUT2D eigenvalue weighted by molar-refractivity contribution is 1.30. The van der Waals surface area contributed by atoms with E-state index in [4.69, 9.17) is 0 Å². The van der Waals surface area contributed by atoms with Crippen molar-refractivity contribution in [1.82, 2.24) is 0 Å². The lowest BCUT2D eigenvalue weighted by atomic mass is 9.87. The van der Waals surface area contributed by atoms with Crippen LogP contribution in [0.3, 0.4) is 0 Å². The van der Waals surface area contributed by atoms with Crippen LogP contribution in [0.25, 0.3) is 77.2 Å². The second kappa shape index (κ2) is 15.0. The maximum absolute atomic E-state index is 2.53. The third-order valence-corrected chi connectivity index (χ3v) is 11.1. The van der Waals surface area contributed by atoms with Gasteiger partial charge in [-0.15, -0.1) is 0 Å². The van der Waals surface area contributed by atoms with Gasteiger partial charge in [0.15, 0.2) is 0 Å². The highest BCUT2D eigenvalue weighted by molar-refractivity contribution is 6.16. The molecule has 10 rings (SSSR count). The van der Waals surface area contributed by atoms with Gasteiger partial charge in [-0.05, 0) is 78.9 Å². The summed E-state index contributed by atoms with van der Waals surface area (Å²) in [5, 5.41) is 4.86. The molecule has 0 aliphatic heterocycles. The zero-order valence-corrected chi connectivity index (χ0v) is 31.5. The van der Waals surface area contributed by atoms with Gasteiger partial charge in [-0.25, -0.2) is 0 Å². The first-order valence-electron chi connectivity index (χ1n) is 19.6. The molecule has 10 aromatic carbocycles. The van der Waals surface area contributed by atoms with Gasteiger partial charge in [0.2, 0.25) is 0 Å². The fourth-order valence-electron chi connectivity index (χ4n) is 8.43. The van der Waals surface area contributed by atoms with Crippen molar-refractivity contribution in [2.45, 2.75) is 0 Å². The van der Waals surface area contributed by atoms with Crippen molar-refractivity contribution in [3.8, 4) is 55.6 Å². The SMILES string of the molecule is c1ccc(-c2ccc(-c3ccccc3N(c3cccc(-c4ccccc4)c3-c3ccccc3-c3ccccc3)c3cc4ccccc4c4ccccc34)cc2)cc1. The fraction of sp³-hybridized carbons (Fsp3) is 0. The topological polar surface area (TPSA) is 3.24 Å². The summed E-state index contributed by atoms with van der Waals surface area (Å²) in [6.07, 6.45) is 0. The Hall–Kier alpha value is -7.48. The van der Waals surface area contributed by atoms with Crippen LogP contribution in [0.5, 0.6) is 0 Å². The summed E-state index contributed by atoms with van der Waals surface area (Å²) in [4.78, 5) is 2.53. The molecule has 268 valence electrons. The van der Waals surface area contributed by atoms with E-state index in [-0.39, 0.29) is 0 Å². The maximum Gasteiger partial charge on any atom is 0.0547 e. The minimum absolute atomic E-state index is 1.11. The second-order valence-corrected chi connectivity index (χ2v) is 14.4. The molecule has 0 saturated heterocycles. The number of nitrogens with zero attached hydrogens (tertiary/aromatic N) is 1. The van der Waals surface area contributed by atoms with Gasteiger partial charge in [-0.2, -0.15) is 0 Å². The van der Waals surface area contributed by atoms with Crippen LogP contribution in [0.1, 0.15) is 0 Å². The minimum Gasteiger partial charge on any atom is -0.309 e. The van der Waals surface area contributed by atoms with Crippen LogP contribution in [-0.2, 0) is 0 Å². The summed E-state index contributed by atoms with van der Waals surface area (Å²) in [5.41, 5.74) is 15.1. The standard InChI is InChI=1S/C56H39N/c1-4-19-40(20-5-1)41-35-37-44(38-36-41)48-28-16-17-33-53(48)57(55-39-45-25-10-11-27-47(45)50-29-13-14-30-51(50)55)54-34-18-32-49(43-23-8-3-9-24-43)56(54)52-31-15-12-26-46(52)42-21-6-2-7-22-42/h1-39H. The average molecular weight is 726 g/mol. The van der Waals surface area contributed by atoms with Crippen LogP contribution in [-0.4, -0.2) is 0 Å². The Balaban J connectivity index is 1.30. The first-order valence-corrected chi connectivity index (χ1v) is 19.6. The van der Waals surface area contributed by atoms with Gasteiger partial charge >= 0.3 is 0 Å². The Bertz CT molecular complexity index is 2990. The van der Waals surface area contributed by atoms with E-state index in [1.54, 1.807) is 0 Å². The molecule has 57 heavy (non-hydrogen) atoms. The third kappa shape index (κ3) is 6.36. The highest BCUT2D eigenvalue weighted by atomic mass is 15.1. The van der Waals surface area contributed by atoms with E-state index in [1.807, 2.05) is 0 Å². The fourth-order valence-corrected chi connectivity index (χ4v) is 8.43. The van der Waals surface area contributed by atoms with Gasteiger partial charge in [0.25, 0.3) is 0 Å². The summed E-state index contributed by atoms with van der Waals surface area (Å²) in [6, 6.07) is 85.8. The largest absolute Gasteiger partial charge is 0.309 e. The Kier molecular flexibility index (Phi) is 8.95. The smallest absolute Gasteiger partial charge is 0.0547 e. The molecule has 10 aromatic rings. The molecule has 0 radical (unpaired) electrons. The maximum atomic E-state index is 2.53. The van der Waals surface area contributed by atoms with Gasteiger partial charge in [-0.1, -0.05) is 218 Å². The summed E-state index contributed by atoms with van der Waals surface area (Å²) < 4.78 is 0. The number of benzene rings is 10. The van der Waals surface area contributed by atoms with E-state index in [1.165, 1.54) is 66.1 Å². The van der Waals surface area contributed by atoms with Crippen LogP contribution in [0.4, 0.5) is 17.1 Å². The van der Waals surface area contributed by atoms with Crippen molar-refractivity contribution in [2.75, 3.05) is 4.90 Å². The number of para-hydroxylation sites is 1. The highest BCUT2D eigenvalue weighted by Crippen LogP contribution is 2.51. The Labute approximate surface area is 334 Å². The predicted octanol–water partition coefficient (Wildman–Crippen LogP) is 15.8. The summed E-state index contributed by atoms with van der Waals surface area (Å²) in [6.45, 7) is 0. The second-order valence-electron chi connectivity index (χ2n) is 14.4. The first kappa shape index (κ1) is 34.0. The zero-order chi connectivity index (χ0) is 38.0. The van der Waals surface area contributed by atoms with E-state index in [0.29, 0.717) is 0 Å². The molecule has 0 spiro atoms. The molecule has 0 fully saturated rings. The van der Waals surface area contributed by atoms with Crippen molar-refractivity contribution < 1.29 is 0 Å². The van der Waals surface area contributed by atoms with Crippen molar-refractivity contribution in [2.24, 2.45) is 0 Å².